The first kappa shape index (κ1) is 17.4. The molecule has 6 heteroatoms. The Balaban J connectivity index is 1.29. The fraction of sp³-hybridized carbons (Fsp3) is 0.333. The zero-order valence-electron chi connectivity index (χ0n) is 15.1. The number of carbonyl (C=O) groups excluding carboxylic acids is 2. The van der Waals surface area contributed by atoms with Crippen LogP contribution in [0.2, 0.25) is 0 Å². The zero-order chi connectivity index (χ0) is 18.8. The smallest absolute Gasteiger partial charge is 0.227 e. The van der Waals surface area contributed by atoms with Crippen molar-refractivity contribution in [2.45, 2.75) is 12.8 Å². The number of hydrogen-bond donors (Lipinski definition) is 2. The summed E-state index contributed by atoms with van der Waals surface area (Å²) in [5, 5.41) is 12.4. The highest BCUT2D eigenvalue weighted by Gasteiger charge is 2.35. The highest BCUT2D eigenvalue weighted by molar-refractivity contribution is 6.00. The van der Waals surface area contributed by atoms with E-state index in [-0.39, 0.29) is 29.9 Å². The predicted octanol–water partition coefficient (Wildman–Crippen LogP) is 1.92. The number of nitrogens with zero attached hydrogens (tertiary/aromatic N) is 2. The number of fused-ring (bicyclic) bond motifs is 1. The Morgan fingerprint density at radius 1 is 1.15 bits per heavy atom. The number of benzene rings is 2. The van der Waals surface area contributed by atoms with Gasteiger partial charge in [0.2, 0.25) is 11.8 Å². The molecule has 0 radical (unpaired) electrons. The van der Waals surface area contributed by atoms with Crippen LogP contribution in [0.5, 0.6) is 5.75 Å². The van der Waals surface area contributed by atoms with E-state index < -0.39 is 0 Å². The summed E-state index contributed by atoms with van der Waals surface area (Å²) in [4.78, 5) is 28.7. The molecule has 1 saturated heterocycles. The number of carbonyl (C=O) groups is 2. The van der Waals surface area contributed by atoms with Gasteiger partial charge in [-0.3, -0.25) is 9.59 Å². The fourth-order valence-corrected chi connectivity index (χ4v) is 3.86. The minimum Gasteiger partial charge on any atom is -0.508 e. The van der Waals surface area contributed by atoms with Gasteiger partial charge < -0.3 is 20.2 Å². The molecular formula is C21H23N3O3. The van der Waals surface area contributed by atoms with Gasteiger partial charge in [0.05, 0.1) is 5.92 Å². The molecular weight excluding hydrogens is 342 g/mol. The minimum absolute atomic E-state index is 0.0608. The third-order valence-corrected chi connectivity index (χ3v) is 5.32. The lowest BCUT2D eigenvalue weighted by Crippen LogP contribution is -2.38. The number of phenolic OH excluding ortho intramolecular Hbond substituents is 1. The lowest BCUT2D eigenvalue weighted by molar-refractivity contribution is -0.126. The normalized spacial score (nSPS) is 18.7. The van der Waals surface area contributed by atoms with Gasteiger partial charge in [-0.15, -0.1) is 0 Å². The van der Waals surface area contributed by atoms with Crippen molar-refractivity contribution in [2.75, 3.05) is 36.0 Å². The third kappa shape index (κ3) is 3.60. The number of aromatic hydroxyl groups is 1. The van der Waals surface area contributed by atoms with Crippen LogP contribution in [-0.2, 0) is 16.0 Å². The molecule has 1 fully saturated rings. The van der Waals surface area contributed by atoms with Crippen molar-refractivity contribution in [3.8, 4) is 5.75 Å². The van der Waals surface area contributed by atoms with Crippen molar-refractivity contribution in [3.05, 3.63) is 54.1 Å². The molecule has 2 amide bonds. The van der Waals surface area contributed by atoms with Gasteiger partial charge in [-0.1, -0.05) is 18.2 Å². The van der Waals surface area contributed by atoms with Gasteiger partial charge in [0.15, 0.2) is 0 Å². The zero-order valence-corrected chi connectivity index (χ0v) is 15.1. The van der Waals surface area contributed by atoms with Crippen LogP contribution < -0.4 is 15.1 Å². The van der Waals surface area contributed by atoms with Crippen LogP contribution in [0.3, 0.4) is 0 Å². The molecule has 2 aliphatic rings. The number of rotatable bonds is 5. The molecule has 27 heavy (non-hydrogen) atoms. The molecule has 0 aromatic heterocycles. The van der Waals surface area contributed by atoms with E-state index in [1.165, 1.54) is 11.3 Å². The maximum atomic E-state index is 12.5. The van der Waals surface area contributed by atoms with Crippen molar-refractivity contribution in [3.63, 3.8) is 0 Å². The molecule has 1 unspecified atom stereocenters. The number of phenols is 1. The average Bonchev–Trinajstić information content (AvgIpc) is 3.26. The van der Waals surface area contributed by atoms with E-state index in [2.05, 4.69) is 28.4 Å². The molecule has 140 valence electrons. The Hall–Kier alpha value is -3.02. The second-order valence-electron chi connectivity index (χ2n) is 7.08. The fourth-order valence-electron chi connectivity index (χ4n) is 3.86. The topological polar surface area (TPSA) is 72.9 Å². The van der Waals surface area contributed by atoms with Crippen molar-refractivity contribution in [1.29, 1.82) is 0 Å². The Bertz CT molecular complexity index is 850. The first-order valence-corrected chi connectivity index (χ1v) is 9.32. The molecule has 0 aliphatic carbocycles. The Morgan fingerprint density at radius 2 is 1.93 bits per heavy atom. The summed E-state index contributed by atoms with van der Waals surface area (Å²) < 4.78 is 0. The van der Waals surface area contributed by atoms with E-state index in [1.54, 1.807) is 29.2 Å². The quantitative estimate of drug-likeness (QED) is 0.849. The Kier molecular flexibility index (Phi) is 4.71. The van der Waals surface area contributed by atoms with Crippen molar-refractivity contribution >= 4 is 23.2 Å². The van der Waals surface area contributed by atoms with Crippen LogP contribution in [0, 0.1) is 5.92 Å². The Morgan fingerprint density at radius 3 is 2.74 bits per heavy atom. The summed E-state index contributed by atoms with van der Waals surface area (Å²) >= 11 is 0. The average molecular weight is 365 g/mol. The van der Waals surface area contributed by atoms with Crippen LogP contribution in [0.15, 0.2) is 48.5 Å². The van der Waals surface area contributed by atoms with Crippen molar-refractivity contribution in [2.24, 2.45) is 5.92 Å². The molecule has 0 saturated carbocycles. The van der Waals surface area contributed by atoms with Crippen LogP contribution in [-0.4, -0.2) is 43.1 Å². The molecule has 2 aliphatic heterocycles. The Labute approximate surface area is 158 Å². The summed E-state index contributed by atoms with van der Waals surface area (Å²) in [5.41, 5.74) is 3.32. The SMILES string of the molecule is O=C(NCCN1CCc2ccccc21)C1CC(=O)N(c2ccc(O)cc2)C1. The van der Waals surface area contributed by atoms with Gasteiger partial charge in [0, 0.05) is 44.0 Å². The molecule has 4 rings (SSSR count). The summed E-state index contributed by atoms with van der Waals surface area (Å²) in [6, 6.07) is 14.8. The van der Waals surface area contributed by atoms with Crippen LogP contribution in [0.4, 0.5) is 11.4 Å². The van der Waals surface area contributed by atoms with Crippen LogP contribution >= 0.6 is 0 Å². The largest absolute Gasteiger partial charge is 0.508 e. The first-order chi connectivity index (χ1) is 13.1. The van der Waals surface area contributed by atoms with E-state index in [0.717, 1.165) is 19.5 Å². The van der Waals surface area contributed by atoms with Gasteiger partial charge >= 0.3 is 0 Å². The third-order valence-electron chi connectivity index (χ3n) is 5.32. The molecule has 0 spiro atoms. The van der Waals surface area contributed by atoms with E-state index in [4.69, 9.17) is 0 Å². The summed E-state index contributed by atoms with van der Waals surface area (Å²) in [6.45, 7) is 2.69. The van der Waals surface area contributed by atoms with E-state index in [1.807, 2.05) is 6.07 Å². The van der Waals surface area contributed by atoms with Gasteiger partial charge in [0.1, 0.15) is 5.75 Å². The van der Waals surface area contributed by atoms with E-state index in [0.29, 0.717) is 18.8 Å². The molecule has 2 N–H and O–H groups in total. The monoisotopic (exact) mass is 365 g/mol. The van der Waals surface area contributed by atoms with Gasteiger partial charge in [-0.25, -0.2) is 0 Å². The molecule has 0 bridgehead atoms. The highest BCUT2D eigenvalue weighted by atomic mass is 16.3. The summed E-state index contributed by atoms with van der Waals surface area (Å²) in [7, 11) is 0. The van der Waals surface area contributed by atoms with Gasteiger partial charge in [0.25, 0.3) is 0 Å². The lowest BCUT2D eigenvalue weighted by Gasteiger charge is -2.20. The standard InChI is InChI=1S/C21H23N3O3/c25-18-7-5-17(6-8-18)24-14-16(13-20(24)26)21(27)22-10-12-23-11-9-15-3-1-2-4-19(15)23/h1-8,16,25H,9-14H2,(H,22,27). The maximum absolute atomic E-state index is 12.5. The molecule has 2 aromatic carbocycles. The van der Waals surface area contributed by atoms with E-state index >= 15 is 0 Å². The number of para-hydroxylation sites is 1. The van der Waals surface area contributed by atoms with Crippen LogP contribution in [0.25, 0.3) is 0 Å². The number of hydrogen-bond acceptors (Lipinski definition) is 4. The number of anilines is 2. The number of amides is 2. The van der Waals surface area contributed by atoms with Gasteiger partial charge in [-0.05, 0) is 42.3 Å². The summed E-state index contributed by atoms with van der Waals surface area (Å²) in [5.74, 6) is -0.313. The second kappa shape index (κ2) is 7.31. The van der Waals surface area contributed by atoms with Crippen molar-refractivity contribution < 1.29 is 14.7 Å². The summed E-state index contributed by atoms with van der Waals surface area (Å²) in [6.07, 6.45) is 1.27. The second-order valence-corrected chi connectivity index (χ2v) is 7.08. The predicted molar refractivity (Wildman–Crippen MR) is 104 cm³/mol. The molecule has 1 atom stereocenters. The minimum atomic E-state index is -0.336. The van der Waals surface area contributed by atoms with E-state index in [9.17, 15) is 14.7 Å². The molecule has 6 nitrogen and oxygen atoms in total. The molecule has 2 heterocycles. The van der Waals surface area contributed by atoms with Crippen molar-refractivity contribution in [1.82, 2.24) is 5.32 Å². The highest BCUT2D eigenvalue weighted by Crippen LogP contribution is 2.28. The number of nitrogens with one attached hydrogen (secondary N) is 1. The molecule has 2 aromatic rings. The van der Waals surface area contributed by atoms with Gasteiger partial charge in [-0.2, -0.15) is 0 Å². The maximum Gasteiger partial charge on any atom is 0.227 e. The lowest BCUT2D eigenvalue weighted by atomic mass is 10.1. The first-order valence-electron chi connectivity index (χ1n) is 9.32. The van der Waals surface area contributed by atoms with Crippen LogP contribution in [0.1, 0.15) is 12.0 Å².